The second-order valence-electron chi connectivity index (χ2n) is 15.3. The van der Waals surface area contributed by atoms with E-state index < -0.39 is 17.9 Å². The summed E-state index contributed by atoms with van der Waals surface area (Å²) in [7, 11) is 0. The predicted octanol–water partition coefficient (Wildman–Crippen LogP) is 6.45. The van der Waals surface area contributed by atoms with Gasteiger partial charge in [0.25, 0.3) is 11.8 Å². The number of aromatic hydroxyl groups is 2. The van der Waals surface area contributed by atoms with Gasteiger partial charge in [0.05, 0.1) is 19.4 Å². The summed E-state index contributed by atoms with van der Waals surface area (Å²) in [6.07, 6.45) is 3.51. The van der Waals surface area contributed by atoms with Crippen molar-refractivity contribution in [3.8, 4) is 39.5 Å². The molecule has 6 aromatic rings. The van der Waals surface area contributed by atoms with E-state index in [4.69, 9.17) is 4.74 Å². The first-order valence-corrected chi connectivity index (χ1v) is 21.6. The largest absolute Gasteiger partial charge is 0.508 e. The highest BCUT2D eigenvalue weighted by molar-refractivity contribution is 7.22. The van der Waals surface area contributed by atoms with Gasteiger partial charge in [0.2, 0.25) is 17.7 Å². The van der Waals surface area contributed by atoms with Crippen molar-refractivity contribution >= 4 is 63.0 Å². The molecule has 1 fully saturated rings. The highest BCUT2D eigenvalue weighted by atomic mass is 32.1. The normalized spacial score (nSPS) is 14.4. The van der Waals surface area contributed by atoms with Gasteiger partial charge in [0, 0.05) is 62.2 Å². The number of phenolic OH excluding ortho intramolecular Hbond substituents is 2. The zero-order valence-electron chi connectivity index (χ0n) is 34.8. The van der Waals surface area contributed by atoms with Crippen LogP contribution in [0.2, 0.25) is 0 Å². The minimum absolute atomic E-state index is 0.0872. The van der Waals surface area contributed by atoms with Crippen LogP contribution >= 0.6 is 11.3 Å². The molecule has 14 nitrogen and oxygen atoms in total. The first kappa shape index (κ1) is 43.6. The van der Waals surface area contributed by atoms with Crippen molar-refractivity contribution in [2.45, 2.75) is 44.7 Å². The zero-order valence-corrected chi connectivity index (χ0v) is 35.6. The number of fused-ring (bicyclic) bond motifs is 2. The fraction of sp³-hybridized carbons (Fsp3) is 0.180. The van der Waals surface area contributed by atoms with Gasteiger partial charge < -0.3 is 25.2 Å². The molecule has 15 heteroatoms. The Morgan fingerprint density at radius 3 is 2.42 bits per heavy atom. The number of ether oxygens (including phenoxy) is 1. The molecule has 326 valence electrons. The third-order valence-corrected chi connectivity index (χ3v) is 12.1. The summed E-state index contributed by atoms with van der Waals surface area (Å²) in [6, 6.07) is 29.4. The molecule has 2 aliphatic heterocycles. The molecule has 0 aliphatic carbocycles. The number of hydrazone groups is 1. The summed E-state index contributed by atoms with van der Waals surface area (Å²) in [4.78, 5) is 78.4. The molecule has 5 aromatic carbocycles. The van der Waals surface area contributed by atoms with Gasteiger partial charge in [-0.05, 0) is 127 Å². The number of carbonyl (C=O) groups is 6. The molecule has 5 N–H and O–H groups in total. The Labute approximate surface area is 376 Å². The molecule has 0 bridgehead atoms. The number of hydrogen-bond donors (Lipinski definition) is 5. The number of benzene rings is 5. The number of phenols is 2. The van der Waals surface area contributed by atoms with Crippen molar-refractivity contribution in [2.75, 3.05) is 13.2 Å². The highest BCUT2D eigenvalue weighted by Crippen LogP contribution is 2.41. The topological polar surface area (TPSA) is 204 Å². The number of imide groups is 1. The minimum Gasteiger partial charge on any atom is -0.508 e. The summed E-state index contributed by atoms with van der Waals surface area (Å²) < 4.78 is 6.56. The summed E-state index contributed by atoms with van der Waals surface area (Å²) >= 11 is 1.37. The van der Waals surface area contributed by atoms with E-state index in [0.717, 1.165) is 21.4 Å². The molecule has 1 atom stereocenters. The van der Waals surface area contributed by atoms with E-state index in [1.54, 1.807) is 103 Å². The Hall–Kier alpha value is -8.09. The molecule has 65 heavy (non-hydrogen) atoms. The first-order valence-electron chi connectivity index (χ1n) is 20.8. The van der Waals surface area contributed by atoms with E-state index in [2.05, 4.69) is 33.0 Å². The van der Waals surface area contributed by atoms with Crippen LogP contribution in [0.3, 0.4) is 0 Å². The lowest BCUT2D eigenvalue weighted by Crippen LogP contribution is -2.52. The van der Waals surface area contributed by atoms with Crippen LogP contribution < -0.4 is 20.8 Å². The maximum atomic E-state index is 13.9. The van der Waals surface area contributed by atoms with Crippen LogP contribution in [0.5, 0.6) is 17.2 Å². The minimum atomic E-state index is -0.706. The quantitative estimate of drug-likeness (QED) is 0.0203. The van der Waals surface area contributed by atoms with E-state index in [9.17, 15) is 39.0 Å². The van der Waals surface area contributed by atoms with E-state index in [1.165, 1.54) is 28.5 Å². The number of unbranched alkanes of at least 4 members (excludes halogenated alkanes) is 1. The molecular formula is C50H41N5O9S. The van der Waals surface area contributed by atoms with Crippen LogP contribution in [-0.2, 0) is 20.9 Å². The molecule has 1 unspecified atom stereocenters. The summed E-state index contributed by atoms with van der Waals surface area (Å²) in [6.45, 7) is 0.758. The molecule has 5 amide bonds. The van der Waals surface area contributed by atoms with Crippen LogP contribution in [0.25, 0.3) is 20.5 Å². The van der Waals surface area contributed by atoms with Gasteiger partial charge in [0.15, 0.2) is 5.78 Å². The maximum absolute atomic E-state index is 13.9. The number of nitrogens with zero attached hydrogens (tertiary/aromatic N) is 2. The Kier molecular flexibility index (Phi) is 13.1. The van der Waals surface area contributed by atoms with Gasteiger partial charge in [-0.15, -0.1) is 11.3 Å². The SMILES string of the molecule is O=C(CCCCOc1ccc(C=NNC(=O)c2ccc(C(=O)c3c(-c4ccc(O)cc4)sc4cc(O)ccc34)cc2)cc1)NCC#Cc1cccc2c1CN(C1CCC(=O)NC1=O)C2=O. The molecule has 0 radical (unpaired) electrons. The lowest BCUT2D eigenvalue weighted by molar-refractivity contribution is -0.137. The van der Waals surface area contributed by atoms with Gasteiger partial charge in [-0.3, -0.25) is 34.1 Å². The lowest BCUT2D eigenvalue weighted by Gasteiger charge is -2.29. The zero-order chi connectivity index (χ0) is 45.5. The van der Waals surface area contributed by atoms with Crippen LogP contribution in [0.15, 0.2) is 114 Å². The molecule has 0 saturated carbocycles. The van der Waals surface area contributed by atoms with E-state index in [1.807, 2.05) is 0 Å². The third-order valence-electron chi connectivity index (χ3n) is 10.9. The number of ketones is 1. The molecule has 3 heterocycles. The highest BCUT2D eigenvalue weighted by Gasteiger charge is 2.39. The molecule has 2 aliphatic rings. The molecule has 1 saturated heterocycles. The Bertz CT molecular complexity index is 2930. The lowest BCUT2D eigenvalue weighted by atomic mass is 9.97. The first-order chi connectivity index (χ1) is 31.5. The summed E-state index contributed by atoms with van der Waals surface area (Å²) in [5, 5.41) is 29.7. The number of nitrogens with one attached hydrogen (secondary N) is 3. The van der Waals surface area contributed by atoms with Crippen molar-refractivity contribution in [3.05, 3.63) is 148 Å². The molecule has 8 rings (SSSR count). The average molecular weight is 888 g/mol. The van der Waals surface area contributed by atoms with Gasteiger partial charge in [0.1, 0.15) is 23.3 Å². The Morgan fingerprint density at radius 2 is 1.65 bits per heavy atom. The summed E-state index contributed by atoms with van der Waals surface area (Å²) in [5.74, 6) is 4.89. The number of thiophene rings is 1. The predicted molar refractivity (Wildman–Crippen MR) is 244 cm³/mol. The monoisotopic (exact) mass is 887 g/mol. The second kappa shape index (κ2) is 19.5. The van der Waals surface area contributed by atoms with Crippen LogP contribution in [-0.4, -0.2) is 75.8 Å². The van der Waals surface area contributed by atoms with Gasteiger partial charge >= 0.3 is 0 Å². The number of piperidine rings is 1. The third kappa shape index (κ3) is 10.1. The van der Waals surface area contributed by atoms with Crippen molar-refractivity contribution < 1.29 is 43.7 Å². The number of carbonyl (C=O) groups excluding carboxylic acids is 6. The smallest absolute Gasteiger partial charge is 0.271 e. The standard InChI is InChI=1S/C50H41N5O9S/c56-35-17-15-33(16-18-35)47-45(39-22-19-36(57)27-42(39)65-47)46(60)32-11-13-34(14-12-32)48(61)54-52-28-30-9-20-37(21-10-30)64-26-2-1-8-43(58)51-25-4-6-31-5-3-7-38-40(31)29-55(50(38)63)41-23-24-44(59)53-49(41)62/h3,5,7,9-22,27-28,41,56-57H,1-2,8,23-26,29H2,(H,51,58)(H,54,61)(H,53,59,62). The van der Waals surface area contributed by atoms with Gasteiger partial charge in [-0.1, -0.05) is 30.0 Å². The van der Waals surface area contributed by atoms with E-state index in [0.29, 0.717) is 69.7 Å². The van der Waals surface area contributed by atoms with Crippen molar-refractivity contribution in [2.24, 2.45) is 5.10 Å². The second-order valence-corrected chi connectivity index (χ2v) is 16.4. The van der Waals surface area contributed by atoms with Crippen LogP contribution in [0, 0.1) is 11.8 Å². The average Bonchev–Trinajstić information content (AvgIpc) is 3.85. The molecule has 1 aromatic heterocycles. The number of amides is 5. The van der Waals surface area contributed by atoms with Crippen LogP contribution in [0.4, 0.5) is 0 Å². The van der Waals surface area contributed by atoms with E-state index in [-0.39, 0.29) is 60.9 Å². The fourth-order valence-electron chi connectivity index (χ4n) is 7.58. The maximum Gasteiger partial charge on any atom is 0.271 e. The number of rotatable bonds is 14. The van der Waals surface area contributed by atoms with E-state index >= 15 is 0 Å². The van der Waals surface area contributed by atoms with Crippen LogP contribution in [0.1, 0.15) is 85.4 Å². The van der Waals surface area contributed by atoms with Gasteiger partial charge in [-0.2, -0.15) is 5.10 Å². The molecule has 0 spiro atoms. The Morgan fingerprint density at radius 1 is 0.892 bits per heavy atom. The fourth-order valence-corrected chi connectivity index (χ4v) is 8.81. The molecular weight excluding hydrogens is 847 g/mol. The number of hydrogen-bond acceptors (Lipinski definition) is 11. The van der Waals surface area contributed by atoms with Crippen molar-refractivity contribution in [1.29, 1.82) is 0 Å². The van der Waals surface area contributed by atoms with Crippen molar-refractivity contribution in [1.82, 2.24) is 21.0 Å². The summed E-state index contributed by atoms with van der Waals surface area (Å²) in [5.41, 5.74) is 6.98. The van der Waals surface area contributed by atoms with Crippen molar-refractivity contribution in [3.63, 3.8) is 0 Å². The van der Waals surface area contributed by atoms with Gasteiger partial charge in [-0.25, -0.2) is 5.43 Å². The Balaban J connectivity index is 0.750.